The number of benzene rings is 2. The molecule has 6 nitrogen and oxygen atoms in total. The second-order valence-corrected chi connectivity index (χ2v) is 8.80. The van der Waals surface area contributed by atoms with Crippen molar-refractivity contribution in [1.82, 2.24) is 9.88 Å². The van der Waals surface area contributed by atoms with Gasteiger partial charge in [0.15, 0.2) is 5.13 Å². The molecule has 1 amide bonds. The fourth-order valence-corrected chi connectivity index (χ4v) is 5.08. The highest BCUT2D eigenvalue weighted by atomic mass is 32.2. The van der Waals surface area contributed by atoms with Crippen molar-refractivity contribution in [3.8, 4) is 5.75 Å². The van der Waals surface area contributed by atoms with Crippen molar-refractivity contribution in [2.24, 2.45) is 0 Å². The lowest BCUT2D eigenvalue weighted by molar-refractivity contribution is 0.0391. The van der Waals surface area contributed by atoms with Crippen LogP contribution >= 0.6 is 23.1 Å². The van der Waals surface area contributed by atoms with Gasteiger partial charge in [0.05, 0.1) is 30.5 Å². The molecule has 4 rings (SSSR count). The van der Waals surface area contributed by atoms with Crippen molar-refractivity contribution < 1.29 is 14.3 Å². The predicted molar refractivity (Wildman–Crippen MR) is 123 cm³/mol. The zero-order valence-corrected chi connectivity index (χ0v) is 18.8. The summed E-state index contributed by atoms with van der Waals surface area (Å²) in [6.07, 6.45) is 2.05. The Labute approximate surface area is 184 Å². The second kappa shape index (κ2) is 9.78. The molecule has 0 N–H and O–H groups in total. The Morgan fingerprint density at radius 2 is 2.00 bits per heavy atom. The van der Waals surface area contributed by atoms with Crippen LogP contribution in [0, 0.1) is 0 Å². The largest absolute Gasteiger partial charge is 0.497 e. The van der Waals surface area contributed by atoms with Crippen molar-refractivity contribution >= 4 is 44.4 Å². The van der Waals surface area contributed by atoms with Crippen LogP contribution in [-0.4, -0.2) is 68.5 Å². The van der Waals surface area contributed by atoms with Crippen molar-refractivity contribution in [3.05, 3.63) is 48.0 Å². The summed E-state index contributed by atoms with van der Waals surface area (Å²) >= 11 is 3.24. The van der Waals surface area contributed by atoms with Crippen LogP contribution in [0.5, 0.6) is 5.75 Å². The molecular formula is C22H25N3O3S2. The first-order chi connectivity index (χ1) is 14.7. The number of thiazole rings is 1. The fourth-order valence-electron chi connectivity index (χ4n) is 3.43. The summed E-state index contributed by atoms with van der Waals surface area (Å²) in [6.45, 7) is 4.63. The number of morpholine rings is 1. The standard InChI is InChI=1S/C22H25N3O3S2/c1-27-17-8-6-16(7-9-17)21(26)25(11-10-24-12-14-28-15-13-24)22-23-20-18(29-2)4-3-5-19(20)30-22/h3-9H,10-15H2,1-2H3. The van der Waals surface area contributed by atoms with Crippen LogP contribution in [0.15, 0.2) is 47.4 Å². The summed E-state index contributed by atoms with van der Waals surface area (Å²) in [4.78, 5) is 23.6. The number of methoxy groups -OCH3 is 1. The first-order valence-corrected chi connectivity index (χ1v) is 11.9. The highest BCUT2D eigenvalue weighted by Crippen LogP contribution is 2.34. The van der Waals surface area contributed by atoms with Gasteiger partial charge in [0.2, 0.25) is 0 Å². The van der Waals surface area contributed by atoms with Crippen molar-refractivity contribution in [2.75, 3.05) is 57.7 Å². The molecule has 2 aromatic carbocycles. The van der Waals surface area contributed by atoms with E-state index >= 15 is 0 Å². The number of amides is 1. The van der Waals surface area contributed by atoms with E-state index in [1.165, 1.54) is 0 Å². The molecule has 1 fully saturated rings. The van der Waals surface area contributed by atoms with Gasteiger partial charge in [0, 0.05) is 36.6 Å². The lowest BCUT2D eigenvalue weighted by Crippen LogP contribution is -2.43. The van der Waals surface area contributed by atoms with Crippen LogP contribution in [-0.2, 0) is 4.74 Å². The van der Waals surface area contributed by atoms with Gasteiger partial charge in [-0.05, 0) is 42.7 Å². The van der Waals surface area contributed by atoms with Gasteiger partial charge in [-0.15, -0.1) is 11.8 Å². The number of para-hydroxylation sites is 1. The average molecular weight is 444 g/mol. The van der Waals surface area contributed by atoms with Gasteiger partial charge in [-0.25, -0.2) is 4.98 Å². The molecule has 0 saturated carbocycles. The number of hydrogen-bond acceptors (Lipinski definition) is 7. The molecule has 30 heavy (non-hydrogen) atoms. The summed E-state index contributed by atoms with van der Waals surface area (Å²) in [7, 11) is 1.62. The Hall–Kier alpha value is -2.13. The van der Waals surface area contributed by atoms with Crippen molar-refractivity contribution in [1.29, 1.82) is 0 Å². The van der Waals surface area contributed by atoms with E-state index in [0.29, 0.717) is 12.1 Å². The first kappa shape index (κ1) is 21.1. The Kier molecular flexibility index (Phi) is 6.89. The minimum Gasteiger partial charge on any atom is -0.497 e. The molecule has 0 radical (unpaired) electrons. The third kappa shape index (κ3) is 4.62. The molecule has 158 valence electrons. The van der Waals surface area contributed by atoms with Gasteiger partial charge in [-0.1, -0.05) is 17.4 Å². The third-order valence-corrected chi connectivity index (χ3v) is 6.96. The number of nitrogens with zero attached hydrogens (tertiary/aromatic N) is 3. The number of hydrogen-bond donors (Lipinski definition) is 0. The van der Waals surface area contributed by atoms with Gasteiger partial charge in [0.25, 0.3) is 5.91 Å². The molecular weight excluding hydrogens is 418 g/mol. The van der Waals surface area contributed by atoms with E-state index in [1.54, 1.807) is 30.2 Å². The quantitative estimate of drug-likeness (QED) is 0.515. The minimum atomic E-state index is -0.0457. The van der Waals surface area contributed by atoms with Gasteiger partial charge in [-0.2, -0.15) is 0 Å². The summed E-state index contributed by atoms with van der Waals surface area (Å²) in [5.74, 6) is 0.687. The van der Waals surface area contributed by atoms with Gasteiger partial charge >= 0.3 is 0 Å². The Bertz CT molecular complexity index is 1000. The van der Waals surface area contributed by atoms with E-state index < -0.39 is 0 Å². The highest BCUT2D eigenvalue weighted by molar-refractivity contribution is 7.98. The fraction of sp³-hybridized carbons (Fsp3) is 0.364. The summed E-state index contributed by atoms with van der Waals surface area (Å²) in [5.41, 5.74) is 1.59. The van der Waals surface area contributed by atoms with E-state index in [4.69, 9.17) is 14.5 Å². The molecule has 0 spiro atoms. The number of ether oxygens (including phenoxy) is 2. The number of aromatic nitrogens is 1. The molecule has 0 unspecified atom stereocenters. The maximum absolute atomic E-state index is 13.5. The summed E-state index contributed by atoms with van der Waals surface area (Å²) < 4.78 is 11.8. The van der Waals surface area contributed by atoms with E-state index in [0.717, 1.165) is 58.8 Å². The van der Waals surface area contributed by atoms with Crippen LogP contribution in [0.4, 0.5) is 5.13 Å². The maximum atomic E-state index is 13.5. The molecule has 2 heterocycles. The number of carbonyl (C=O) groups excluding carboxylic acids is 1. The van der Waals surface area contributed by atoms with E-state index in [2.05, 4.69) is 17.0 Å². The predicted octanol–water partition coefficient (Wildman–Crippen LogP) is 4.01. The second-order valence-electron chi connectivity index (χ2n) is 6.94. The summed E-state index contributed by atoms with van der Waals surface area (Å²) in [6, 6.07) is 13.4. The molecule has 0 atom stereocenters. The Balaban J connectivity index is 1.64. The van der Waals surface area contributed by atoms with Crippen LogP contribution < -0.4 is 9.64 Å². The number of anilines is 1. The lowest BCUT2D eigenvalue weighted by atomic mass is 10.2. The molecule has 1 saturated heterocycles. The van der Waals surface area contributed by atoms with Crippen molar-refractivity contribution in [3.63, 3.8) is 0 Å². The number of carbonyl (C=O) groups is 1. The molecule has 0 bridgehead atoms. The van der Waals surface area contributed by atoms with E-state index in [-0.39, 0.29) is 5.91 Å². The zero-order valence-electron chi connectivity index (χ0n) is 17.2. The molecule has 1 aliphatic heterocycles. The maximum Gasteiger partial charge on any atom is 0.260 e. The number of rotatable bonds is 7. The minimum absolute atomic E-state index is 0.0457. The molecule has 1 aliphatic rings. The van der Waals surface area contributed by atoms with Crippen LogP contribution in [0.2, 0.25) is 0 Å². The molecule has 0 aliphatic carbocycles. The van der Waals surface area contributed by atoms with E-state index in [1.807, 2.05) is 41.5 Å². The lowest BCUT2D eigenvalue weighted by Gasteiger charge is -2.29. The number of thioether (sulfide) groups is 1. The highest BCUT2D eigenvalue weighted by Gasteiger charge is 2.23. The normalized spacial score (nSPS) is 14.7. The Morgan fingerprint density at radius 1 is 1.23 bits per heavy atom. The van der Waals surface area contributed by atoms with Crippen LogP contribution in [0.1, 0.15) is 10.4 Å². The van der Waals surface area contributed by atoms with Gasteiger partial charge in [-0.3, -0.25) is 14.6 Å². The van der Waals surface area contributed by atoms with Crippen LogP contribution in [0.3, 0.4) is 0 Å². The van der Waals surface area contributed by atoms with Gasteiger partial charge in [0.1, 0.15) is 5.75 Å². The van der Waals surface area contributed by atoms with E-state index in [9.17, 15) is 4.79 Å². The third-order valence-electron chi connectivity index (χ3n) is 5.15. The average Bonchev–Trinajstić information content (AvgIpc) is 3.24. The smallest absolute Gasteiger partial charge is 0.260 e. The zero-order chi connectivity index (χ0) is 20.9. The molecule has 1 aromatic heterocycles. The summed E-state index contributed by atoms with van der Waals surface area (Å²) in [5, 5.41) is 0.737. The first-order valence-electron chi connectivity index (χ1n) is 9.89. The Morgan fingerprint density at radius 3 is 2.70 bits per heavy atom. The number of fused-ring (bicyclic) bond motifs is 1. The molecule has 8 heteroatoms. The topological polar surface area (TPSA) is 54.9 Å². The molecule has 3 aromatic rings. The monoisotopic (exact) mass is 443 g/mol. The van der Waals surface area contributed by atoms with Crippen molar-refractivity contribution in [2.45, 2.75) is 4.90 Å². The van der Waals surface area contributed by atoms with Crippen LogP contribution in [0.25, 0.3) is 10.2 Å². The van der Waals surface area contributed by atoms with Gasteiger partial charge < -0.3 is 9.47 Å². The SMILES string of the molecule is COc1ccc(C(=O)N(CCN2CCOCC2)c2nc3c(SC)cccc3s2)cc1.